The summed E-state index contributed by atoms with van der Waals surface area (Å²) in [4.78, 5) is 0. The molecule has 0 heterocycles. The number of hydrogen-bond donors (Lipinski definition) is 0. The third-order valence-corrected chi connectivity index (χ3v) is 5.51. The van der Waals surface area contributed by atoms with Gasteiger partial charge in [0.05, 0.1) is 0 Å². The Morgan fingerprint density at radius 2 is 2.17 bits per heavy atom. The van der Waals surface area contributed by atoms with Gasteiger partial charge in [0.15, 0.2) is 0 Å². The molecule has 0 spiro atoms. The zero-order valence-electron chi connectivity index (χ0n) is 7.66. The lowest BCUT2D eigenvalue weighted by Gasteiger charge is -2.28. The minimum Gasteiger partial charge on any atom is -0.0882 e. The van der Waals surface area contributed by atoms with Crippen LogP contribution in [-0.4, -0.2) is 0 Å². The van der Waals surface area contributed by atoms with E-state index >= 15 is 0 Å². The van der Waals surface area contributed by atoms with Crippen molar-refractivity contribution < 1.29 is 0 Å². The van der Waals surface area contributed by atoms with E-state index in [9.17, 15) is 0 Å². The Bertz CT molecular complexity index is 278. The predicted molar refractivity (Wildman–Crippen MR) is 48.5 cm³/mol. The molecule has 64 valence electrons. The van der Waals surface area contributed by atoms with Crippen LogP contribution in [0.1, 0.15) is 26.2 Å². The van der Waals surface area contributed by atoms with Crippen LogP contribution in [0.4, 0.5) is 0 Å². The van der Waals surface area contributed by atoms with Crippen LogP contribution in [0.15, 0.2) is 12.2 Å². The Hall–Kier alpha value is -0.260. The molecule has 4 saturated carbocycles. The maximum atomic E-state index is 2.57. The Morgan fingerprint density at radius 3 is 3.00 bits per heavy atom. The topological polar surface area (TPSA) is 0 Å². The summed E-state index contributed by atoms with van der Waals surface area (Å²) in [5.41, 5.74) is 0.757. The molecule has 0 aromatic heterocycles. The van der Waals surface area contributed by atoms with Gasteiger partial charge in [-0.15, -0.1) is 0 Å². The van der Waals surface area contributed by atoms with Crippen molar-refractivity contribution in [3.8, 4) is 0 Å². The molecule has 0 heteroatoms. The van der Waals surface area contributed by atoms with Crippen molar-refractivity contribution in [2.24, 2.45) is 35.0 Å². The number of rotatable bonds is 0. The summed E-state index contributed by atoms with van der Waals surface area (Å²) in [5, 5.41) is 0. The maximum Gasteiger partial charge on any atom is -0.0226 e. The molecule has 0 nitrogen and oxygen atoms in total. The predicted octanol–water partition coefficient (Wildman–Crippen LogP) is 2.85. The Balaban J connectivity index is 1.90. The molecule has 0 saturated heterocycles. The van der Waals surface area contributed by atoms with Gasteiger partial charge in [-0.2, -0.15) is 0 Å². The lowest BCUT2D eigenvalue weighted by atomic mass is 9.76. The Morgan fingerprint density at radius 1 is 1.25 bits per heavy atom. The summed E-state index contributed by atoms with van der Waals surface area (Å²) >= 11 is 0. The van der Waals surface area contributed by atoms with Crippen molar-refractivity contribution in [1.29, 1.82) is 0 Å². The summed E-state index contributed by atoms with van der Waals surface area (Å²) in [5.74, 6) is 5.77. The van der Waals surface area contributed by atoms with Gasteiger partial charge in [0.1, 0.15) is 0 Å². The summed E-state index contributed by atoms with van der Waals surface area (Å²) in [6.45, 7) is 2.57. The van der Waals surface area contributed by atoms with E-state index in [-0.39, 0.29) is 0 Å². The highest BCUT2D eigenvalue weighted by Gasteiger charge is 2.77. The average molecular weight is 160 g/mol. The highest BCUT2D eigenvalue weighted by atomic mass is 14.8. The normalized spacial score (nSPS) is 69.9. The van der Waals surface area contributed by atoms with Crippen LogP contribution in [0.2, 0.25) is 0 Å². The molecule has 12 heavy (non-hydrogen) atoms. The van der Waals surface area contributed by atoms with E-state index < -0.39 is 0 Å². The molecule has 0 aromatic rings. The maximum absolute atomic E-state index is 2.57. The minimum atomic E-state index is 0.757. The quantitative estimate of drug-likeness (QED) is 0.478. The van der Waals surface area contributed by atoms with Crippen LogP contribution in [0.3, 0.4) is 0 Å². The molecule has 6 bridgehead atoms. The molecule has 0 aliphatic heterocycles. The van der Waals surface area contributed by atoms with Crippen LogP contribution in [0, 0.1) is 35.0 Å². The van der Waals surface area contributed by atoms with Gasteiger partial charge in [0.2, 0.25) is 0 Å². The van der Waals surface area contributed by atoms with Crippen LogP contribution in [0.25, 0.3) is 0 Å². The molecule has 0 aromatic carbocycles. The monoisotopic (exact) mass is 160 g/mol. The second-order valence-corrected chi connectivity index (χ2v) is 5.69. The zero-order valence-corrected chi connectivity index (χ0v) is 7.66. The number of allylic oxidation sites excluding steroid dienone is 2. The van der Waals surface area contributed by atoms with E-state index in [1.165, 1.54) is 24.7 Å². The van der Waals surface area contributed by atoms with Crippen LogP contribution in [-0.2, 0) is 0 Å². The van der Waals surface area contributed by atoms with Gasteiger partial charge >= 0.3 is 0 Å². The summed E-state index contributed by atoms with van der Waals surface area (Å²) in [7, 11) is 0. The first-order valence-electron chi connectivity index (χ1n) is 5.47. The van der Waals surface area contributed by atoms with Gasteiger partial charge in [0, 0.05) is 0 Å². The average Bonchev–Trinajstić information content (AvgIpc) is 2.50. The molecule has 5 rings (SSSR count). The Labute approximate surface area is 74.0 Å². The van der Waals surface area contributed by atoms with E-state index in [0.717, 1.165) is 23.2 Å². The molecule has 0 amide bonds. The molecule has 6 unspecified atom stereocenters. The first-order chi connectivity index (χ1) is 5.82. The summed E-state index contributed by atoms with van der Waals surface area (Å²) < 4.78 is 0. The van der Waals surface area contributed by atoms with Crippen molar-refractivity contribution in [2.45, 2.75) is 26.2 Å². The second kappa shape index (κ2) is 1.54. The zero-order chi connectivity index (χ0) is 7.92. The molecule has 5 aliphatic rings. The second-order valence-electron chi connectivity index (χ2n) is 5.69. The fourth-order valence-electron chi connectivity index (χ4n) is 5.16. The fourth-order valence-corrected chi connectivity index (χ4v) is 5.16. The van der Waals surface area contributed by atoms with Gasteiger partial charge in [-0.1, -0.05) is 19.1 Å². The molecule has 6 atom stereocenters. The standard InChI is InChI=1S/C12H16/c1-12-5-3-2-4-7-9(12)6-8-10(7)11(8)12/h2-3,7-11H,4-6H2,1H3. The van der Waals surface area contributed by atoms with Gasteiger partial charge < -0.3 is 0 Å². The van der Waals surface area contributed by atoms with Gasteiger partial charge in [-0.05, 0) is 54.3 Å². The van der Waals surface area contributed by atoms with E-state index in [1.54, 1.807) is 6.42 Å². The first-order valence-corrected chi connectivity index (χ1v) is 5.47. The highest BCUT2D eigenvalue weighted by molar-refractivity contribution is 5.27. The molecule has 0 N–H and O–H groups in total. The lowest BCUT2D eigenvalue weighted by Crippen LogP contribution is -2.21. The SMILES string of the molecule is CC12CC=CCC3C4C(CC31)C42. The van der Waals surface area contributed by atoms with E-state index in [4.69, 9.17) is 0 Å². The third kappa shape index (κ3) is 0.427. The van der Waals surface area contributed by atoms with Gasteiger partial charge in [-0.3, -0.25) is 0 Å². The smallest absolute Gasteiger partial charge is 0.0226 e. The van der Waals surface area contributed by atoms with Crippen LogP contribution < -0.4 is 0 Å². The van der Waals surface area contributed by atoms with Crippen LogP contribution in [0.5, 0.6) is 0 Å². The fraction of sp³-hybridized carbons (Fsp3) is 0.833. The van der Waals surface area contributed by atoms with Gasteiger partial charge in [0.25, 0.3) is 0 Å². The molecular formula is C12H16. The highest BCUT2D eigenvalue weighted by Crippen LogP contribution is 2.82. The Kier molecular flexibility index (Phi) is 0.799. The van der Waals surface area contributed by atoms with Crippen molar-refractivity contribution in [3.63, 3.8) is 0 Å². The van der Waals surface area contributed by atoms with E-state index in [0.29, 0.717) is 0 Å². The van der Waals surface area contributed by atoms with Crippen molar-refractivity contribution in [1.82, 2.24) is 0 Å². The lowest BCUT2D eigenvalue weighted by molar-refractivity contribution is 0.214. The van der Waals surface area contributed by atoms with E-state index in [2.05, 4.69) is 19.1 Å². The molecule has 4 fully saturated rings. The summed E-state index contributed by atoms with van der Waals surface area (Å²) in [6, 6.07) is 0. The number of hydrogen-bond acceptors (Lipinski definition) is 0. The first kappa shape index (κ1) is 6.23. The van der Waals surface area contributed by atoms with Crippen molar-refractivity contribution in [2.75, 3.05) is 0 Å². The van der Waals surface area contributed by atoms with Gasteiger partial charge in [-0.25, -0.2) is 0 Å². The van der Waals surface area contributed by atoms with Crippen molar-refractivity contribution >= 4 is 0 Å². The third-order valence-electron chi connectivity index (χ3n) is 5.51. The molecule has 0 radical (unpaired) electrons. The molecular weight excluding hydrogens is 144 g/mol. The largest absolute Gasteiger partial charge is 0.0882 e. The minimum absolute atomic E-state index is 0.757. The van der Waals surface area contributed by atoms with E-state index in [1.807, 2.05) is 0 Å². The molecule has 5 aliphatic carbocycles. The van der Waals surface area contributed by atoms with Crippen molar-refractivity contribution in [3.05, 3.63) is 12.2 Å². The summed E-state index contributed by atoms with van der Waals surface area (Å²) in [6.07, 6.45) is 9.33. The van der Waals surface area contributed by atoms with Crippen LogP contribution >= 0.6 is 0 Å².